The fraction of sp³-hybridized carbons (Fsp3) is 0.462. The first-order valence-electron chi connectivity index (χ1n) is 32.2. The molecule has 85 heavy (non-hydrogen) atoms. The fourth-order valence-corrected chi connectivity index (χ4v) is 13.3. The molecule has 0 spiro atoms. The molecular weight excluding hydrogens is 1040 g/mol. The van der Waals surface area contributed by atoms with Crippen LogP contribution in [0.15, 0.2) is 200 Å². The molecule has 6 saturated carbocycles. The molecule has 8 atom stereocenters. The summed E-state index contributed by atoms with van der Waals surface area (Å²) in [5.41, 5.74) is 11.1. The van der Waals surface area contributed by atoms with Gasteiger partial charge in [0, 0.05) is 41.3 Å². The molecule has 0 radical (unpaired) electrons. The molecule has 4 N–H and O–H groups in total. The molecular formula is C78H115N3O4. The van der Waals surface area contributed by atoms with Gasteiger partial charge in [-0.25, -0.2) is 0 Å². The summed E-state index contributed by atoms with van der Waals surface area (Å²) in [5.74, 6) is 12.3. The summed E-state index contributed by atoms with van der Waals surface area (Å²) in [6.45, 7) is 23.1. The highest BCUT2D eigenvalue weighted by Gasteiger charge is 2.49. The van der Waals surface area contributed by atoms with Crippen LogP contribution in [-0.2, 0) is 13.1 Å². The Morgan fingerprint density at radius 1 is 0.341 bits per heavy atom. The number of fused-ring (bicyclic) bond motifs is 12. The lowest BCUT2D eigenvalue weighted by Gasteiger charge is -2.30. The van der Waals surface area contributed by atoms with E-state index in [1.165, 1.54) is 69.8 Å². The second kappa shape index (κ2) is 43.7. The fourth-order valence-electron chi connectivity index (χ4n) is 13.3. The summed E-state index contributed by atoms with van der Waals surface area (Å²) >= 11 is 0. The second-order valence-corrected chi connectivity index (χ2v) is 21.1. The Kier molecular flexibility index (Phi) is 38.2. The maximum atomic E-state index is 8.63. The van der Waals surface area contributed by atoms with E-state index in [0.717, 1.165) is 30.3 Å². The van der Waals surface area contributed by atoms with Crippen molar-refractivity contribution < 1.29 is 19.7 Å². The van der Waals surface area contributed by atoms with Gasteiger partial charge in [0.1, 0.15) is 23.0 Å². The van der Waals surface area contributed by atoms with E-state index >= 15 is 0 Å². The van der Waals surface area contributed by atoms with E-state index in [1.807, 2.05) is 148 Å². The number of phenolic OH excluding ortho intramolecular Hbond substituents is 2. The van der Waals surface area contributed by atoms with Gasteiger partial charge in [-0.2, -0.15) is 0 Å². The highest BCUT2D eigenvalue weighted by atomic mass is 16.5. The number of ether oxygens (including phenoxy) is 2. The van der Waals surface area contributed by atoms with Crippen LogP contribution in [0.5, 0.6) is 23.0 Å². The third kappa shape index (κ3) is 23.8. The van der Waals surface area contributed by atoms with Gasteiger partial charge in [-0.05, 0) is 184 Å². The van der Waals surface area contributed by atoms with Crippen molar-refractivity contribution in [1.29, 1.82) is 0 Å². The Balaban J connectivity index is 0.000000336. The monoisotopic (exact) mass is 1160 g/mol. The van der Waals surface area contributed by atoms with Gasteiger partial charge < -0.3 is 35.2 Å². The van der Waals surface area contributed by atoms with Crippen LogP contribution in [0.25, 0.3) is 0 Å². The van der Waals surface area contributed by atoms with Crippen molar-refractivity contribution >= 4 is 17.1 Å². The number of nitrogen functional groups attached to an aromatic ring is 1. The standard InChI is InChI=1S/2C14H13NO.2C10H16.C6H7N.2C6H6O.5C2H6.2CH4/c2*1-2-7-13(8-3-1)15-10-12-6-4-5-9-14(12)16-11-15;2*1-2-9-7-4-5-8(6-7)10(9)3-1;3*7-6-4-2-1-3-5-6;5*1-2;;/h2*1-9H,10-11H2;2*7-10H,1-6H2;1-5H,7H2;2*1-5,7H;5*1-2H3;2*1H4. The number of rotatable bonds is 2. The highest BCUT2D eigenvalue weighted by molar-refractivity contribution is 5.51. The van der Waals surface area contributed by atoms with Gasteiger partial charge in [0.25, 0.3) is 0 Å². The Hall–Kier alpha value is -6.86. The van der Waals surface area contributed by atoms with Crippen LogP contribution >= 0.6 is 0 Å². The van der Waals surface area contributed by atoms with Crippen molar-refractivity contribution in [3.05, 3.63) is 211 Å². The Labute approximate surface area is 519 Å². The lowest BCUT2D eigenvalue weighted by Crippen LogP contribution is -2.31. The van der Waals surface area contributed by atoms with Crippen LogP contribution in [0.4, 0.5) is 17.1 Å². The minimum atomic E-state index is 0. The molecule has 2 aliphatic heterocycles. The Morgan fingerprint density at radius 2 is 0.600 bits per heavy atom. The number of aromatic hydroxyl groups is 2. The third-order valence-electron chi connectivity index (χ3n) is 16.7. The molecule has 7 aromatic carbocycles. The Bertz CT molecular complexity index is 2410. The molecule has 7 aromatic rings. The van der Waals surface area contributed by atoms with Crippen LogP contribution < -0.4 is 25.0 Å². The van der Waals surface area contributed by atoms with Gasteiger partial charge in [-0.15, -0.1) is 0 Å². The number of anilines is 3. The summed E-state index contributed by atoms with van der Waals surface area (Å²) in [6.07, 6.45) is 19.1. The summed E-state index contributed by atoms with van der Waals surface area (Å²) in [5, 5.41) is 17.3. The van der Waals surface area contributed by atoms with Crippen LogP contribution in [-0.4, -0.2) is 23.7 Å². The second-order valence-electron chi connectivity index (χ2n) is 21.1. The van der Waals surface area contributed by atoms with Gasteiger partial charge in [0.15, 0.2) is 13.5 Å². The minimum absolute atomic E-state index is 0. The molecule has 466 valence electrons. The van der Waals surface area contributed by atoms with Crippen molar-refractivity contribution in [2.45, 2.75) is 174 Å². The van der Waals surface area contributed by atoms with Gasteiger partial charge >= 0.3 is 0 Å². The molecule has 8 aliphatic rings. The van der Waals surface area contributed by atoms with E-state index in [9.17, 15) is 0 Å². The molecule has 15 rings (SSSR count). The van der Waals surface area contributed by atoms with Crippen LogP contribution in [0.3, 0.4) is 0 Å². The lowest BCUT2D eigenvalue weighted by atomic mass is 9.82. The molecule has 7 nitrogen and oxygen atoms in total. The first-order valence-corrected chi connectivity index (χ1v) is 32.2. The van der Waals surface area contributed by atoms with Gasteiger partial charge in [-0.3, -0.25) is 0 Å². The predicted molar refractivity (Wildman–Crippen MR) is 370 cm³/mol. The van der Waals surface area contributed by atoms with Crippen molar-refractivity contribution in [1.82, 2.24) is 0 Å². The van der Waals surface area contributed by atoms with Crippen molar-refractivity contribution in [2.24, 2.45) is 47.3 Å². The van der Waals surface area contributed by atoms with E-state index in [0.29, 0.717) is 25.0 Å². The van der Waals surface area contributed by atoms with E-state index < -0.39 is 0 Å². The largest absolute Gasteiger partial charge is 0.508 e. The zero-order valence-electron chi connectivity index (χ0n) is 52.7. The first-order chi connectivity index (χ1) is 40.9. The van der Waals surface area contributed by atoms with E-state index in [1.54, 1.807) is 126 Å². The molecule has 0 saturated heterocycles. The predicted octanol–water partition coefficient (Wildman–Crippen LogP) is 22.2. The van der Waals surface area contributed by atoms with Gasteiger partial charge in [0.2, 0.25) is 0 Å². The van der Waals surface area contributed by atoms with Crippen LogP contribution in [0.1, 0.15) is 172 Å². The average molecular weight is 1160 g/mol. The average Bonchev–Trinajstić information content (AvgIpc) is 4.23. The molecule has 0 amide bonds. The topological polar surface area (TPSA) is 91.4 Å². The number of phenols is 2. The minimum Gasteiger partial charge on any atom is -0.508 e. The molecule has 6 aliphatic carbocycles. The molecule has 4 bridgehead atoms. The first kappa shape index (κ1) is 74.2. The molecule has 8 unspecified atom stereocenters. The van der Waals surface area contributed by atoms with E-state index in [2.05, 4.69) is 82.6 Å². The Morgan fingerprint density at radius 3 is 0.859 bits per heavy atom. The molecule has 0 aromatic heterocycles. The highest BCUT2D eigenvalue weighted by Crippen LogP contribution is 2.59. The molecule has 6 fully saturated rings. The quantitative estimate of drug-likeness (QED) is 0.149. The lowest BCUT2D eigenvalue weighted by molar-refractivity contribution is 0.259. The number of hydrogen-bond acceptors (Lipinski definition) is 7. The zero-order chi connectivity index (χ0) is 60.0. The maximum absolute atomic E-state index is 8.63. The van der Waals surface area contributed by atoms with Crippen molar-refractivity contribution in [3.8, 4) is 23.0 Å². The smallest absolute Gasteiger partial charge is 0.161 e. The zero-order valence-corrected chi connectivity index (χ0v) is 52.7. The summed E-state index contributed by atoms with van der Waals surface area (Å²) < 4.78 is 11.4. The number of nitrogens with zero attached hydrogens (tertiary/aromatic N) is 2. The SMILES string of the molecule is C.C.C1CC2C3CCC(C3)C2C1.C1CC2C3CCC(C3)C2C1.CC.CC.CC.CC.CC.Nc1ccccc1.Oc1ccccc1.Oc1ccccc1.c1ccc(N2COc3ccccc3C2)cc1.c1ccc(N2COc3ccccc3C2)cc1. The normalized spacial score (nSPS) is 21.3. The van der Waals surface area contributed by atoms with Crippen LogP contribution in [0.2, 0.25) is 0 Å². The number of benzene rings is 7. The third-order valence-corrected chi connectivity index (χ3v) is 16.7. The van der Waals surface area contributed by atoms with E-state index in [4.69, 9.17) is 25.4 Å². The molecule has 7 heteroatoms. The van der Waals surface area contributed by atoms with Gasteiger partial charge in [-0.1, -0.05) is 224 Å². The number of hydrogen-bond donors (Lipinski definition) is 3. The summed E-state index contributed by atoms with van der Waals surface area (Å²) in [7, 11) is 0. The summed E-state index contributed by atoms with van der Waals surface area (Å²) in [4.78, 5) is 4.45. The summed E-state index contributed by atoms with van der Waals surface area (Å²) in [6, 6.07) is 64.0. The van der Waals surface area contributed by atoms with Crippen molar-refractivity contribution in [2.75, 3.05) is 29.0 Å². The van der Waals surface area contributed by atoms with Crippen molar-refractivity contribution in [3.63, 3.8) is 0 Å². The molecule has 2 heterocycles. The van der Waals surface area contributed by atoms with E-state index in [-0.39, 0.29) is 14.9 Å². The maximum Gasteiger partial charge on any atom is 0.161 e. The van der Waals surface area contributed by atoms with Gasteiger partial charge in [0.05, 0.1) is 0 Å². The number of nitrogens with two attached hydrogens (primary N) is 1. The number of para-hydroxylation sites is 7. The van der Waals surface area contributed by atoms with Crippen LogP contribution in [0, 0.1) is 47.3 Å².